The lowest BCUT2D eigenvalue weighted by Crippen LogP contribution is -2.47. The Balaban J connectivity index is 1.86. The number of nitrogens with zero attached hydrogens (tertiary/aromatic N) is 2. The Bertz CT molecular complexity index is 895. The van der Waals surface area contributed by atoms with Gasteiger partial charge in [-0.05, 0) is 11.5 Å². The van der Waals surface area contributed by atoms with Crippen LogP contribution < -0.4 is 10.6 Å². The Kier molecular flexibility index (Phi) is 7.91. The number of rotatable bonds is 8. The summed E-state index contributed by atoms with van der Waals surface area (Å²) in [6.07, 6.45) is 1.40. The molecule has 11 heteroatoms. The number of aromatic nitrogens is 2. The number of ether oxygens (including phenoxy) is 2. The van der Waals surface area contributed by atoms with Gasteiger partial charge < -0.3 is 25.2 Å². The topological polar surface area (TPSA) is 149 Å². The van der Waals surface area contributed by atoms with Gasteiger partial charge in [-0.1, -0.05) is 44.2 Å². The molecule has 0 unspecified atom stereocenters. The van der Waals surface area contributed by atoms with Gasteiger partial charge in [-0.3, -0.25) is 9.48 Å². The summed E-state index contributed by atoms with van der Waals surface area (Å²) in [6.45, 7) is 2.89. The fourth-order valence-corrected chi connectivity index (χ4v) is 2.35. The van der Waals surface area contributed by atoms with Crippen molar-refractivity contribution in [3.8, 4) is 0 Å². The summed E-state index contributed by atoms with van der Waals surface area (Å²) >= 11 is 0. The first-order valence-electron chi connectivity index (χ1n) is 8.98. The molecule has 0 saturated heterocycles. The zero-order valence-electron chi connectivity index (χ0n) is 16.4. The zero-order chi connectivity index (χ0) is 22.1. The summed E-state index contributed by atoms with van der Waals surface area (Å²) in [5, 5.41) is 17.3. The number of hydrogen-bond acceptors (Lipinski definition) is 7. The second kappa shape index (κ2) is 10.6. The highest BCUT2D eigenvalue weighted by molar-refractivity contribution is 5.94. The molecule has 0 aliphatic heterocycles. The van der Waals surface area contributed by atoms with Crippen LogP contribution in [0.1, 0.15) is 19.4 Å². The molecule has 0 aliphatic carbocycles. The number of carboxylic acids is 1. The van der Waals surface area contributed by atoms with Crippen molar-refractivity contribution >= 4 is 29.8 Å². The van der Waals surface area contributed by atoms with Crippen molar-refractivity contribution in [2.24, 2.45) is 5.92 Å². The first-order valence-corrected chi connectivity index (χ1v) is 8.98. The lowest BCUT2D eigenvalue weighted by molar-refractivity contribution is -0.143. The average molecular weight is 418 g/mol. The van der Waals surface area contributed by atoms with Gasteiger partial charge in [0.1, 0.15) is 19.2 Å². The third-order valence-electron chi connectivity index (χ3n) is 3.78. The first-order chi connectivity index (χ1) is 14.2. The van der Waals surface area contributed by atoms with E-state index in [0.717, 1.165) is 10.2 Å². The molecule has 0 spiro atoms. The molecule has 1 aromatic carbocycles. The highest BCUT2D eigenvalue weighted by Crippen LogP contribution is 2.09. The molecule has 2 rings (SSSR count). The Morgan fingerprint density at radius 2 is 1.87 bits per heavy atom. The highest BCUT2D eigenvalue weighted by Gasteiger charge is 2.28. The lowest BCUT2D eigenvalue weighted by Gasteiger charge is -2.20. The van der Waals surface area contributed by atoms with Gasteiger partial charge in [0.05, 0.1) is 11.9 Å². The largest absolute Gasteiger partial charge is 0.516 e. The van der Waals surface area contributed by atoms with E-state index in [4.69, 9.17) is 9.84 Å². The molecule has 2 amide bonds. The number of esters is 1. The molecule has 0 saturated carbocycles. The van der Waals surface area contributed by atoms with Crippen molar-refractivity contribution in [2.75, 3.05) is 5.32 Å². The maximum absolute atomic E-state index is 12.3. The predicted octanol–water partition coefficient (Wildman–Crippen LogP) is 1.99. The van der Waals surface area contributed by atoms with E-state index >= 15 is 0 Å². The maximum atomic E-state index is 12.3. The van der Waals surface area contributed by atoms with E-state index in [0.29, 0.717) is 0 Å². The third-order valence-corrected chi connectivity index (χ3v) is 3.78. The van der Waals surface area contributed by atoms with Gasteiger partial charge in [0.25, 0.3) is 0 Å². The molecular weight excluding hydrogens is 396 g/mol. The van der Waals surface area contributed by atoms with Gasteiger partial charge in [0.15, 0.2) is 0 Å². The quantitative estimate of drug-likeness (QED) is 0.435. The fourth-order valence-electron chi connectivity index (χ4n) is 2.35. The van der Waals surface area contributed by atoms with Crippen LogP contribution in [-0.2, 0) is 32.2 Å². The van der Waals surface area contributed by atoms with Crippen LogP contribution in [0.25, 0.3) is 0 Å². The van der Waals surface area contributed by atoms with E-state index in [1.54, 1.807) is 38.1 Å². The molecule has 3 N–H and O–H groups in total. The van der Waals surface area contributed by atoms with Crippen LogP contribution in [-0.4, -0.2) is 45.1 Å². The van der Waals surface area contributed by atoms with Crippen molar-refractivity contribution < 1.29 is 33.8 Å². The first kappa shape index (κ1) is 22.4. The summed E-state index contributed by atoms with van der Waals surface area (Å²) < 4.78 is 10.7. The monoisotopic (exact) mass is 418 g/mol. The van der Waals surface area contributed by atoms with Crippen molar-refractivity contribution in [3.63, 3.8) is 0 Å². The van der Waals surface area contributed by atoms with Crippen molar-refractivity contribution in [2.45, 2.75) is 33.0 Å². The van der Waals surface area contributed by atoms with Gasteiger partial charge in [-0.15, -0.1) is 0 Å². The number of nitrogens with one attached hydrogen (secondary N) is 2. The van der Waals surface area contributed by atoms with Gasteiger partial charge in [-0.25, -0.2) is 14.4 Å². The van der Waals surface area contributed by atoms with Gasteiger partial charge >= 0.3 is 24.1 Å². The lowest BCUT2D eigenvalue weighted by atomic mass is 10.1. The minimum atomic E-state index is -1.17. The molecule has 30 heavy (non-hydrogen) atoms. The van der Waals surface area contributed by atoms with Crippen LogP contribution in [0.15, 0.2) is 42.7 Å². The zero-order valence-corrected chi connectivity index (χ0v) is 16.4. The molecule has 0 aliphatic rings. The summed E-state index contributed by atoms with van der Waals surface area (Å²) in [5.74, 6) is -2.45. The van der Waals surface area contributed by atoms with Gasteiger partial charge in [0, 0.05) is 6.20 Å². The van der Waals surface area contributed by atoms with Crippen LogP contribution in [0.2, 0.25) is 0 Å². The van der Waals surface area contributed by atoms with Gasteiger partial charge in [0.2, 0.25) is 0 Å². The average Bonchev–Trinajstić information content (AvgIpc) is 3.10. The van der Waals surface area contributed by atoms with Crippen molar-refractivity contribution in [1.82, 2.24) is 15.1 Å². The molecule has 0 fully saturated rings. The van der Waals surface area contributed by atoms with Crippen LogP contribution in [0, 0.1) is 5.92 Å². The number of urea groups is 1. The molecule has 1 heterocycles. The number of anilines is 1. The summed E-state index contributed by atoms with van der Waals surface area (Å²) in [4.78, 5) is 46.9. The molecule has 0 bridgehead atoms. The van der Waals surface area contributed by atoms with Crippen LogP contribution in [0.3, 0.4) is 0 Å². The minimum absolute atomic E-state index is 0.0620. The van der Waals surface area contributed by atoms with E-state index in [2.05, 4.69) is 20.5 Å². The Morgan fingerprint density at radius 3 is 2.50 bits per heavy atom. The SMILES string of the molecule is CC(C)[C@H](NC(=O)Nc1cnn(CC(=O)O)c1)C(=O)OC(=O)OCc1ccccc1. The summed E-state index contributed by atoms with van der Waals surface area (Å²) in [5.41, 5.74) is 0.954. The number of benzene rings is 1. The summed E-state index contributed by atoms with van der Waals surface area (Å²) in [7, 11) is 0. The normalized spacial score (nSPS) is 11.4. The van der Waals surface area contributed by atoms with E-state index < -0.39 is 30.2 Å². The number of carboxylic acid groups (broad SMARTS) is 1. The standard InChI is InChI=1S/C19H22N4O7/c1-12(2)16(17(26)30-19(28)29-11-13-6-4-3-5-7-13)22-18(27)21-14-8-20-23(9-14)10-15(24)25/h3-9,12,16H,10-11H2,1-2H3,(H,24,25)(H2,21,22,27)/t16-/m0/s1. The second-order valence-corrected chi connectivity index (χ2v) is 6.59. The highest BCUT2D eigenvalue weighted by atomic mass is 16.7. The van der Waals surface area contributed by atoms with E-state index in [-0.39, 0.29) is 24.8 Å². The number of aliphatic carboxylic acids is 1. The Hall–Kier alpha value is -3.89. The third kappa shape index (κ3) is 7.26. The molecule has 1 atom stereocenters. The molecule has 11 nitrogen and oxygen atoms in total. The van der Waals surface area contributed by atoms with E-state index in [1.807, 2.05) is 6.07 Å². The van der Waals surface area contributed by atoms with Crippen LogP contribution >= 0.6 is 0 Å². The van der Waals surface area contributed by atoms with E-state index in [1.165, 1.54) is 12.4 Å². The number of carbonyl (C=O) groups excluding carboxylic acids is 3. The number of carbonyl (C=O) groups is 4. The maximum Gasteiger partial charge on any atom is 0.516 e. The van der Waals surface area contributed by atoms with Crippen LogP contribution in [0.5, 0.6) is 0 Å². The Morgan fingerprint density at radius 1 is 1.17 bits per heavy atom. The minimum Gasteiger partial charge on any atom is -0.480 e. The van der Waals surface area contributed by atoms with E-state index in [9.17, 15) is 19.2 Å². The fraction of sp³-hybridized carbons (Fsp3) is 0.316. The molecule has 1 aromatic heterocycles. The molecular formula is C19H22N4O7. The summed E-state index contributed by atoms with van der Waals surface area (Å²) in [6, 6.07) is 6.98. The Labute approximate surface area is 172 Å². The molecule has 0 radical (unpaired) electrons. The number of amides is 2. The van der Waals surface area contributed by atoms with Crippen molar-refractivity contribution in [1.29, 1.82) is 0 Å². The second-order valence-electron chi connectivity index (χ2n) is 6.59. The smallest absolute Gasteiger partial charge is 0.480 e. The predicted molar refractivity (Wildman–Crippen MR) is 103 cm³/mol. The van der Waals surface area contributed by atoms with Crippen molar-refractivity contribution in [3.05, 3.63) is 48.3 Å². The molecule has 160 valence electrons. The number of hydrogen-bond donors (Lipinski definition) is 3. The van der Waals surface area contributed by atoms with Gasteiger partial charge in [-0.2, -0.15) is 5.10 Å². The molecule has 2 aromatic rings. The van der Waals surface area contributed by atoms with Crippen LogP contribution in [0.4, 0.5) is 15.3 Å².